The molecule has 28 heavy (non-hydrogen) atoms. The van der Waals surface area contributed by atoms with E-state index in [1.807, 2.05) is 24.3 Å². The maximum Gasteiger partial charge on any atom is 0.209 e. The first-order valence-corrected chi connectivity index (χ1v) is 10.3. The molecule has 4 rings (SSSR count). The highest BCUT2D eigenvalue weighted by Gasteiger charge is 2.24. The number of likely N-dealkylation sites (tertiary alicyclic amines) is 1. The lowest BCUT2D eigenvalue weighted by molar-refractivity contribution is 0.104. The van der Waals surface area contributed by atoms with Gasteiger partial charge in [-0.2, -0.15) is 5.26 Å². The molecular weight excluding hydrogens is 372 g/mol. The van der Waals surface area contributed by atoms with Gasteiger partial charge in [-0.15, -0.1) is 11.3 Å². The standard InChI is InChI=1S/C21H22N4O2S/c22-12-15-18(23)20(19(26)16-13-27-17-7-3-2-6-14(16)17)28-21(15)24-8-11-25-9-4-1-5-10-25/h2-3,6-7,13,24H,1,4-5,8-11,23H2. The van der Waals surface area contributed by atoms with Gasteiger partial charge in [0.05, 0.1) is 11.3 Å². The third kappa shape index (κ3) is 3.49. The van der Waals surface area contributed by atoms with Crippen LogP contribution in [0, 0.1) is 11.3 Å². The molecule has 0 atom stereocenters. The number of rotatable bonds is 6. The maximum atomic E-state index is 13.1. The van der Waals surface area contributed by atoms with Gasteiger partial charge in [-0.25, -0.2) is 0 Å². The minimum atomic E-state index is -0.215. The Balaban J connectivity index is 1.54. The second-order valence-corrected chi connectivity index (χ2v) is 7.99. The van der Waals surface area contributed by atoms with Crippen LogP contribution in [0.25, 0.3) is 11.0 Å². The Morgan fingerprint density at radius 3 is 2.86 bits per heavy atom. The van der Waals surface area contributed by atoms with Crippen LogP contribution in [0.3, 0.4) is 0 Å². The molecule has 0 unspecified atom stereocenters. The van der Waals surface area contributed by atoms with Gasteiger partial charge < -0.3 is 20.4 Å². The molecule has 0 spiro atoms. The van der Waals surface area contributed by atoms with Gasteiger partial charge >= 0.3 is 0 Å². The summed E-state index contributed by atoms with van der Waals surface area (Å²) in [6.07, 6.45) is 5.25. The van der Waals surface area contributed by atoms with Crippen LogP contribution in [0.5, 0.6) is 0 Å². The predicted molar refractivity (Wildman–Crippen MR) is 112 cm³/mol. The molecular formula is C21H22N4O2S. The molecule has 144 valence electrons. The van der Waals surface area contributed by atoms with Crippen molar-refractivity contribution in [1.29, 1.82) is 5.26 Å². The number of nitrogens with two attached hydrogens (primary N) is 1. The number of nitrogen functional groups attached to an aromatic ring is 1. The lowest BCUT2D eigenvalue weighted by Gasteiger charge is -2.26. The van der Waals surface area contributed by atoms with Gasteiger partial charge in [0.2, 0.25) is 5.78 Å². The molecule has 1 aliphatic heterocycles. The number of hydrogen-bond acceptors (Lipinski definition) is 7. The minimum Gasteiger partial charge on any atom is -0.464 e. The van der Waals surface area contributed by atoms with Crippen LogP contribution in [-0.4, -0.2) is 36.9 Å². The third-order valence-electron chi connectivity index (χ3n) is 5.15. The first-order chi connectivity index (χ1) is 13.7. The van der Waals surface area contributed by atoms with E-state index >= 15 is 0 Å². The highest BCUT2D eigenvalue weighted by Crippen LogP contribution is 2.37. The van der Waals surface area contributed by atoms with Crippen molar-refractivity contribution in [3.63, 3.8) is 0 Å². The Bertz CT molecular complexity index is 1040. The van der Waals surface area contributed by atoms with Crippen molar-refractivity contribution in [3.05, 3.63) is 46.5 Å². The number of nitrogens with one attached hydrogen (secondary N) is 1. The zero-order valence-corrected chi connectivity index (χ0v) is 16.3. The van der Waals surface area contributed by atoms with Gasteiger partial charge in [-0.05, 0) is 32.0 Å². The number of benzene rings is 1. The Kier molecular flexibility index (Phi) is 5.33. The van der Waals surface area contributed by atoms with E-state index in [4.69, 9.17) is 10.2 Å². The van der Waals surface area contributed by atoms with Crippen LogP contribution in [0.2, 0.25) is 0 Å². The molecule has 0 aliphatic carbocycles. The SMILES string of the molecule is N#Cc1c(NCCN2CCCCC2)sc(C(=O)c2coc3ccccc23)c1N. The van der Waals surface area contributed by atoms with Crippen LogP contribution in [0.4, 0.5) is 10.7 Å². The molecule has 0 saturated carbocycles. The van der Waals surface area contributed by atoms with Gasteiger partial charge in [0.1, 0.15) is 33.4 Å². The van der Waals surface area contributed by atoms with Crippen LogP contribution < -0.4 is 11.1 Å². The van der Waals surface area contributed by atoms with Gasteiger partial charge in [-0.1, -0.05) is 24.6 Å². The van der Waals surface area contributed by atoms with E-state index in [-0.39, 0.29) is 11.5 Å². The number of carbonyl (C=O) groups is 1. The third-order valence-corrected chi connectivity index (χ3v) is 6.31. The smallest absolute Gasteiger partial charge is 0.209 e. The Labute approximate surface area is 167 Å². The van der Waals surface area contributed by atoms with Crippen molar-refractivity contribution in [3.8, 4) is 6.07 Å². The van der Waals surface area contributed by atoms with Crippen LogP contribution in [0.15, 0.2) is 34.9 Å². The maximum absolute atomic E-state index is 13.1. The average Bonchev–Trinajstić information content (AvgIpc) is 3.29. The number of piperidine rings is 1. The van der Waals surface area contributed by atoms with E-state index in [9.17, 15) is 10.1 Å². The summed E-state index contributed by atoms with van der Waals surface area (Å²) in [5.41, 5.74) is 7.87. The van der Waals surface area contributed by atoms with Crippen molar-refractivity contribution in [1.82, 2.24) is 4.90 Å². The Morgan fingerprint density at radius 2 is 2.07 bits per heavy atom. The molecule has 0 amide bonds. The van der Waals surface area contributed by atoms with E-state index in [2.05, 4.69) is 16.3 Å². The molecule has 1 saturated heterocycles. The van der Waals surface area contributed by atoms with Crippen molar-refractivity contribution in [2.24, 2.45) is 0 Å². The molecule has 0 radical (unpaired) electrons. The monoisotopic (exact) mass is 394 g/mol. The van der Waals surface area contributed by atoms with E-state index < -0.39 is 0 Å². The fraction of sp³-hybridized carbons (Fsp3) is 0.333. The van der Waals surface area contributed by atoms with Crippen molar-refractivity contribution >= 4 is 38.8 Å². The second kappa shape index (κ2) is 8.05. The molecule has 3 aromatic rings. The molecule has 1 aromatic carbocycles. The molecule has 2 aromatic heterocycles. The number of nitriles is 1. The van der Waals surface area contributed by atoms with Gasteiger partial charge in [0, 0.05) is 18.5 Å². The van der Waals surface area contributed by atoms with Gasteiger partial charge in [0.15, 0.2) is 0 Å². The molecule has 7 heteroatoms. The molecule has 3 N–H and O–H groups in total. The first kappa shape index (κ1) is 18.5. The Morgan fingerprint density at radius 1 is 1.29 bits per heavy atom. The van der Waals surface area contributed by atoms with E-state index in [0.717, 1.165) is 31.6 Å². The number of nitrogens with zero attached hydrogens (tertiary/aromatic N) is 2. The number of furan rings is 1. The number of para-hydroxylation sites is 1. The van der Waals surface area contributed by atoms with Crippen LogP contribution in [-0.2, 0) is 0 Å². The molecule has 3 heterocycles. The quantitative estimate of drug-likeness (QED) is 0.612. The highest BCUT2D eigenvalue weighted by molar-refractivity contribution is 7.19. The molecule has 1 fully saturated rings. The van der Waals surface area contributed by atoms with Crippen LogP contribution in [0.1, 0.15) is 40.1 Å². The summed E-state index contributed by atoms with van der Waals surface area (Å²) in [6.45, 7) is 3.88. The van der Waals surface area contributed by atoms with Crippen molar-refractivity contribution in [2.45, 2.75) is 19.3 Å². The summed E-state index contributed by atoms with van der Waals surface area (Å²) in [6, 6.07) is 9.53. The van der Waals surface area contributed by atoms with E-state index in [0.29, 0.717) is 26.6 Å². The second-order valence-electron chi connectivity index (χ2n) is 6.96. The molecule has 0 bridgehead atoms. The summed E-state index contributed by atoms with van der Waals surface area (Å²) in [5, 5.41) is 14.3. The lowest BCUT2D eigenvalue weighted by atomic mass is 10.1. The van der Waals surface area contributed by atoms with Gasteiger partial charge in [0.25, 0.3) is 0 Å². The molecule has 6 nitrogen and oxygen atoms in total. The average molecular weight is 395 g/mol. The summed E-state index contributed by atoms with van der Waals surface area (Å²) < 4.78 is 5.48. The topological polar surface area (TPSA) is 95.3 Å². The van der Waals surface area contributed by atoms with E-state index in [1.54, 1.807) is 0 Å². The fourth-order valence-corrected chi connectivity index (χ4v) is 4.69. The minimum absolute atomic E-state index is 0.215. The summed E-state index contributed by atoms with van der Waals surface area (Å²) in [7, 11) is 0. The summed E-state index contributed by atoms with van der Waals surface area (Å²) >= 11 is 1.24. The number of fused-ring (bicyclic) bond motifs is 1. The van der Waals surface area contributed by atoms with Crippen molar-refractivity contribution in [2.75, 3.05) is 37.2 Å². The number of hydrogen-bond donors (Lipinski definition) is 2. The summed E-state index contributed by atoms with van der Waals surface area (Å²) in [5.74, 6) is -0.215. The largest absolute Gasteiger partial charge is 0.464 e. The van der Waals surface area contributed by atoms with Crippen molar-refractivity contribution < 1.29 is 9.21 Å². The summed E-state index contributed by atoms with van der Waals surface area (Å²) in [4.78, 5) is 15.9. The van der Waals surface area contributed by atoms with E-state index in [1.165, 1.54) is 36.9 Å². The number of thiophene rings is 1. The van der Waals surface area contributed by atoms with Gasteiger partial charge in [-0.3, -0.25) is 4.79 Å². The number of ketones is 1. The highest BCUT2D eigenvalue weighted by atomic mass is 32.1. The zero-order valence-electron chi connectivity index (χ0n) is 15.5. The predicted octanol–water partition coefficient (Wildman–Crippen LogP) is 4.08. The number of anilines is 2. The Hall–Kier alpha value is -2.82. The number of carbonyl (C=O) groups excluding carboxylic acids is 1. The normalized spacial score (nSPS) is 14.8. The van der Waals surface area contributed by atoms with Crippen LogP contribution >= 0.6 is 11.3 Å². The first-order valence-electron chi connectivity index (χ1n) is 9.48. The molecule has 1 aliphatic rings. The fourth-order valence-electron chi connectivity index (χ4n) is 3.63. The zero-order chi connectivity index (χ0) is 19.5. The lowest BCUT2D eigenvalue weighted by Crippen LogP contribution is -2.33.